The molecule has 0 spiro atoms. The maximum atomic E-state index is 9.21. The van der Waals surface area contributed by atoms with Crippen molar-refractivity contribution >= 4 is 11.8 Å². The molecule has 0 aliphatic heterocycles. The van der Waals surface area contributed by atoms with Gasteiger partial charge in [-0.25, -0.2) is 0 Å². The Balaban J connectivity index is 1.79. The number of rotatable bonds is 7. The highest BCUT2D eigenvalue weighted by Crippen LogP contribution is 2.27. The minimum absolute atomic E-state index is 0.235. The third-order valence-corrected chi connectivity index (χ3v) is 4.55. The number of aliphatic hydroxyl groups excluding tert-OH is 1. The molecule has 1 aromatic rings. The lowest BCUT2D eigenvalue weighted by atomic mass is 10.1. The van der Waals surface area contributed by atoms with Crippen LogP contribution in [-0.4, -0.2) is 30.1 Å². The molecular formula is C15H23NOS. The Morgan fingerprint density at radius 1 is 1.33 bits per heavy atom. The number of nitrogens with one attached hydrogen (secondary N) is 1. The van der Waals surface area contributed by atoms with Gasteiger partial charge in [0.2, 0.25) is 0 Å². The zero-order valence-corrected chi connectivity index (χ0v) is 11.9. The van der Waals surface area contributed by atoms with E-state index < -0.39 is 0 Å². The highest BCUT2D eigenvalue weighted by molar-refractivity contribution is 7.99. The van der Waals surface area contributed by atoms with Crippen molar-refractivity contribution < 1.29 is 5.11 Å². The van der Waals surface area contributed by atoms with E-state index in [1.807, 2.05) is 11.8 Å². The largest absolute Gasteiger partial charge is 0.395 e. The molecule has 3 heteroatoms. The summed E-state index contributed by atoms with van der Waals surface area (Å²) in [4.78, 5) is 1.38. The van der Waals surface area contributed by atoms with Gasteiger partial charge in [0.05, 0.1) is 6.61 Å². The van der Waals surface area contributed by atoms with Gasteiger partial charge >= 0.3 is 0 Å². The highest BCUT2D eigenvalue weighted by Gasteiger charge is 2.11. The molecule has 0 saturated carbocycles. The van der Waals surface area contributed by atoms with Gasteiger partial charge in [0.15, 0.2) is 0 Å². The number of aliphatic hydroxyl groups is 1. The quantitative estimate of drug-likeness (QED) is 0.743. The predicted octanol–water partition coefficient (Wildman–Crippen LogP) is 2.63. The Kier molecular flexibility index (Phi) is 5.54. The van der Waals surface area contributed by atoms with Crippen LogP contribution in [0.2, 0.25) is 0 Å². The van der Waals surface area contributed by atoms with Gasteiger partial charge in [-0.05, 0) is 61.2 Å². The smallest absolute Gasteiger partial charge is 0.0584 e. The number of hydrogen-bond acceptors (Lipinski definition) is 3. The maximum Gasteiger partial charge on any atom is 0.0584 e. The van der Waals surface area contributed by atoms with Gasteiger partial charge in [-0.15, -0.1) is 11.8 Å². The lowest BCUT2D eigenvalue weighted by Gasteiger charge is -2.14. The van der Waals surface area contributed by atoms with E-state index >= 15 is 0 Å². The summed E-state index contributed by atoms with van der Waals surface area (Å²) in [7, 11) is 0. The molecule has 1 unspecified atom stereocenters. The van der Waals surface area contributed by atoms with Gasteiger partial charge in [-0.2, -0.15) is 0 Å². The first-order valence-electron chi connectivity index (χ1n) is 6.92. The van der Waals surface area contributed by atoms with Crippen molar-refractivity contribution in [1.29, 1.82) is 0 Å². The van der Waals surface area contributed by atoms with E-state index in [4.69, 9.17) is 0 Å². The van der Waals surface area contributed by atoms with Gasteiger partial charge in [0.25, 0.3) is 0 Å². The Bertz CT molecular complexity index is 381. The second kappa shape index (κ2) is 7.17. The molecule has 0 heterocycles. The second-order valence-corrected chi connectivity index (χ2v) is 6.03. The highest BCUT2D eigenvalue weighted by atomic mass is 32.2. The molecule has 0 aromatic heterocycles. The van der Waals surface area contributed by atoms with E-state index in [0.29, 0.717) is 0 Å². The van der Waals surface area contributed by atoms with E-state index in [1.54, 1.807) is 11.1 Å². The van der Waals surface area contributed by atoms with Gasteiger partial charge in [0, 0.05) is 10.9 Å². The average molecular weight is 265 g/mol. The van der Waals surface area contributed by atoms with Crippen LogP contribution in [0.4, 0.5) is 0 Å². The molecule has 0 radical (unpaired) electrons. The van der Waals surface area contributed by atoms with Crippen molar-refractivity contribution in [2.45, 2.75) is 43.5 Å². The van der Waals surface area contributed by atoms with Crippen molar-refractivity contribution in [3.8, 4) is 0 Å². The summed E-state index contributed by atoms with van der Waals surface area (Å²) < 4.78 is 0. The van der Waals surface area contributed by atoms with E-state index in [0.717, 1.165) is 18.7 Å². The first kappa shape index (κ1) is 13.9. The summed E-state index contributed by atoms with van der Waals surface area (Å²) in [5, 5.41) is 12.5. The Morgan fingerprint density at radius 3 is 2.94 bits per heavy atom. The van der Waals surface area contributed by atoms with E-state index in [9.17, 15) is 5.11 Å². The van der Waals surface area contributed by atoms with Gasteiger partial charge in [-0.1, -0.05) is 13.0 Å². The molecule has 1 aliphatic rings. The van der Waals surface area contributed by atoms with Crippen molar-refractivity contribution in [3.05, 3.63) is 29.3 Å². The van der Waals surface area contributed by atoms with Crippen LogP contribution in [-0.2, 0) is 12.8 Å². The topological polar surface area (TPSA) is 32.3 Å². The summed E-state index contributed by atoms with van der Waals surface area (Å²) in [5.74, 6) is 1.07. The molecule has 1 aliphatic carbocycles. The third kappa shape index (κ3) is 3.74. The molecule has 0 saturated heterocycles. The van der Waals surface area contributed by atoms with Crippen LogP contribution in [0.15, 0.2) is 23.1 Å². The monoisotopic (exact) mass is 265 g/mol. The first-order valence-corrected chi connectivity index (χ1v) is 7.91. The molecule has 100 valence electrons. The van der Waals surface area contributed by atoms with Crippen LogP contribution in [0.25, 0.3) is 0 Å². The lowest BCUT2D eigenvalue weighted by Crippen LogP contribution is -2.32. The zero-order chi connectivity index (χ0) is 12.8. The van der Waals surface area contributed by atoms with E-state index in [2.05, 4.69) is 30.4 Å². The summed E-state index contributed by atoms with van der Waals surface area (Å²) in [5.41, 5.74) is 3.09. The van der Waals surface area contributed by atoms with Crippen LogP contribution in [0, 0.1) is 0 Å². The molecule has 1 aromatic carbocycles. The van der Waals surface area contributed by atoms with Crippen LogP contribution in [0.3, 0.4) is 0 Å². The standard InChI is InChI=1S/C15H23NOS/c1-2-16-14(11-17)8-9-18-15-7-6-12-4-3-5-13(12)10-15/h6-7,10,14,16-17H,2-5,8-9,11H2,1H3. The molecule has 1 atom stereocenters. The van der Waals surface area contributed by atoms with Crippen LogP contribution in [0.5, 0.6) is 0 Å². The SMILES string of the molecule is CCNC(CO)CCSc1ccc2c(c1)CCC2. The second-order valence-electron chi connectivity index (χ2n) is 4.86. The zero-order valence-electron chi connectivity index (χ0n) is 11.1. The number of aryl methyl sites for hydroxylation is 2. The molecule has 18 heavy (non-hydrogen) atoms. The molecule has 2 rings (SSSR count). The summed E-state index contributed by atoms with van der Waals surface area (Å²) in [6.07, 6.45) is 4.84. The Labute approximate surface area is 114 Å². The molecule has 2 nitrogen and oxygen atoms in total. The van der Waals surface area contributed by atoms with Crippen LogP contribution >= 0.6 is 11.8 Å². The van der Waals surface area contributed by atoms with Gasteiger partial charge < -0.3 is 10.4 Å². The van der Waals surface area contributed by atoms with Crippen molar-refractivity contribution in [3.63, 3.8) is 0 Å². The summed E-state index contributed by atoms with van der Waals surface area (Å²) in [6.45, 7) is 3.24. The van der Waals surface area contributed by atoms with Gasteiger partial charge in [-0.3, -0.25) is 0 Å². The molecule has 2 N–H and O–H groups in total. The number of thioether (sulfide) groups is 1. The van der Waals surface area contributed by atoms with Crippen molar-refractivity contribution in [1.82, 2.24) is 5.32 Å². The summed E-state index contributed by atoms with van der Waals surface area (Å²) >= 11 is 1.90. The lowest BCUT2D eigenvalue weighted by molar-refractivity contribution is 0.242. The number of fused-ring (bicyclic) bond motifs is 1. The van der Waals surface area contributed by atoms with Crippen LogP contribution in [0.1, 0.15) is 30.9 Å². The molecule has 0 fully saturated rings. The molecule has 0 bridgehead atoms. The third-order valence-electron chi connectivity index (χ3n) is 3.52. The number of hydrogen-bond donors (Lipinski definition) is 2. The maximum absolute atomic E-state index is 9.21. The van der Waals surface area contributed by atoms with Crippen molar-refractivity contribution in [2.75, 3.05) is 18.9 Å². The minimum Gasteiger partial charge on any atom is -0.395 e. The molecule has 0 amide bonds. The fourth-order valence-electron chi connectivity index (χ4n) is 2.50. The van der Waals surface area contributed by atoms with Crippen molar-refractivity contribution in [2.24, 2.45) is 0 Å². The summed E-state index contributed by atoms with van der Waals surface area (Å²) in [6, 6.07) is 7.14. The number of likely N-dealkylation sites (N-methyl/N-ethyl adjacent to an activating group) is 1. The minimum atomic E-state index is 0.235. The average Bonchev–Trinajstić information content (AvgIpc) is 2.85. The molecular weight excluding hydrogens is 242 g/mol. The fraction of sp³-hybridized carbons (Fsp3) is 0.600. The van der Waals surface area contributed by atoms with Gasteiger partial charge in [0.1, 0.15) is 0 Å². The van der Waals surface area contributed by atoms with E-state index in [1.165, 1.54) is 24.2 Å². The van der Waals surface area contributed by atoms with Crippen LogP contribution < -0.4 is 5.32 Å². The normalized spacial score (nSPS) is 15.7. The first-order chi connectivity index (χ1) is 8.83. The fourth-order valence-corrected chi connectivity index (χ4v) is 3.53. The number of benzene rings is 1. The Hall–Kier alpha value is -0.510. The predicted molar refractivity (Wildman–Crippen MR) is 78.4 cm³/mol. The van der Waals surface area contributed by atoms with E-state index in [-0.39, 0.29) is 12.6 Å². The Morgan fingerprint density at radius 2 is 2.17 bits per heavy atom.